The number of aromatic nitrogens is 1. The molecule has 24 heavy (non-hydrogen) atoms. The number of hydrazine groups is 3. The average molecular weight is 402 g/mol. The van der Waals surface area contributed by atoms with Crippen molar-refractivity contribution >= 4 is 43.8 Å². The lowest BCUT2D eigenvalue weighted by atomic mass is 10.3. The Morgan fingerprint density at radius 1 is 0.917 bits per heavy atom. The van der Waals surface area contributed by atoms with Crippen LogP contribution in [0.4, 0.5) is 16.5 Å². The number of nitrogens with zero attached hydrogens (tertiary/aromatic N) is 5. The van der Waals surface area contributed by atoms with Gasteiger partial charge in [0.2, 0.25) is 5.13 Å². The maximum atomic E-state index is 4.50. The van der Waals surface area contributed by atoms with Crippen molar-refractivity contribution in [2.75, 3.05) is 22.3 Å². The normalized spacial score (nSPS) is 18.4. The van der Waals surface area contributed by atoms with Crippen LogP contribution in [-0.2, 0) is 0 Å². The molecule has 0 saturated carbocycles. The summed E-state index contributed by atoms with van der Waals surface area (Å²) in [5.41, 5.74) is 2.15. The second-order valence-electron chi connectivity index (χ2n) is 5.29. The fourth-order valence-electron chi connectivity index (χ4n) is 2.70. The third kappa shape index (κ3) is 2.54. The van der Waals surface area contributed by atoms with E-state index in [1.165, 1.54) is 0 Å². The topological polar surface area (TPSA) is 25.9 Å². The van der Waals surface area contributed by atoms with Crippen LogP contribution < -0.4 is 15.2 Å². The molecule has 1 aromatic heterocycles. The van der Waals surface area contributed by atoms with E-state index >= 15 is 0 Å². The Balaban J connectivity index is 1.85. The number of para-hydroxylation sites is 2. The average Bonchev–Trinajstić information content (AvgIpc) is 3.24. The molecule has 2 heterocycles. The smallest absolute Gasteiger partial charge is 0.222 e. The predicted molar refractivity (Wildman–Crippen MR) is 103 cm³/mol. The highest BCUT2D eigenvalue weighted by molar-refractivity contribution is 9.09. The highest BCUT2D eigenvalue weighted by Crippen LogP contribution is 2.39. The minimum atomic E-state index is -0.0380. The Bertz CT molecular complexity index is 783. The minimum Gasteiger partial charge on any atom is -0.235 e. The molecule has 1 fully saturated rings. The van der Waals surface area contributed by atoms with Gasteiger partial charge in [-0.05, 0) is 40.2 Å². The summed E-state index contributed by atoms with van der Waals surface area (Å²) in [5.74, 6) is 0. The van der Waals surface area contributed by atoms with Gasteiger partial charge in [-0.1, -0.05) is 36.4 Å². The Hall–Kier alpha value is -2.09. The van der Waals surface area contributed by atoms with Crippen LogP contribution in [0.25, 0.3) is 0 Å². The minimum absolute atomic E-state index is 0.0380. The lowest BCUT2D eigenvalue weighted by Crippen LogP contribution is -2.47. The van der Waals surface area contributed by atoms with E-state index in [9.17, 15) is 0 Å². The number of alkyl halides is 1. The van der Waals surface area contributed by atoms with Gasteiger partial charge in [0.05, 0.1) is 11.4 Å². The highest BCUT2D eigenvalue weighted by atomic mass is 79.9. The van der Waals surface area contributed by atoms with Gasteiger partial charge in [-0.15, -0.1) is 11.3 Å². The van der Waals surface area contributed by atoms with Gasteiger partial charge in [0.1, 0.15) is 0 Å². The summed E-state index contributed by atoms with van der Waals surface area (Å²) in [6.07, 6.45) is 1.82. The number of benzene rings is 2. The molecule has 1 atom stereocenters. The largest absolute Gasteiger partial charge is 0.235 e. The van der Waals surface area contributed by atoms with Crippen molar-refractivity contribution in [1.29, 1.82) is 0 Å². The first kappa shape index (κ1) is 15.4. The van der Waals surface area contributed by atoms with Crippen LogP contribution in [0.3, 0.4) is 0 Å². The van der Waals surface area contributed by atoms with E-state index in [0.717, 1.165) is 16.5 Å². The fourth-order valence-corrected chi connectivity index (χ4v) is 3.95. The molecular weight excluding hydrogens is 386 g/mol. The van der Waals surface area contributed by atoms with Gasteiger partial charge in [0.15, 0.2) is 5.08 Å². The molecule has 0 spiro atoms. The second-order valence-corrected chi connectivity index (χ2v) is 6.99. The van der Waals surface area contributed by atoms with Crippen molar-refractivity contribution in [2.24, 2.45) is 0 Å². The Morgan fingerprint density at radius 2 is 1.54 bits per heavy atom. The van der Waals surface area contributed by atoms with E-state index in [2.05, 4.69) is 65.4 Å². The fraction of sp³-hybridized carbons (Fsp3) is 0.118. The first-order valence-electron chi connectivity index (χ1n) is 7.53. The summed E-state index contributed by atoms with van der Waals surface area (Å²) >= 11 is 5.42. The molecule has 1 aliphatic rings. The molecule has 5 nitrogen and oxygen atoms in total. The Morgan fingerprint density at radius 3 is 2.12 bits per heavy atom. The molecule has 0 bridgehead atoms. The monoisotopic (exact) mass is 401 g/mol. The maximum Gasteiger partial charge on any atom is 0.222 e. The zero-order chi connectivity index (χ0) is 16.5. The molecule has 0 aliphatic carbocycles. The molecule has 1 saturated heterocycles. The molecule has 1 aliphatic heterocycles. The lowest BCUT2D eigenvalue weighted by molar-refractivity contribution is 0.359. The van der Waals surface area contributed by atoms with Crippen LogP contribution in [0.5, 0.6) is 0 Å². The predicted octanol–water partition coefficient (Wildman–Crippen LogP) is 4.33. The number of anilines is 3. The third-order valence-corrected chi connectivity index (χ3v) is 5.51. The van der Waals surface area contributed by atoms with E-state index in [1.807, 2.05) is 55.0 Å². The summed E-state index contributed by atoms with van der Waals surface area (Å²) in [6.45, 7) is 0. The van der Waals surface area contributed by atoms with Crippen molar-refractivity contribution in [2.45, 2.75) is 5.08 Å². The standard InChI is InChI=1S/C17H16BrN5S/c1-20-16(18)21(14-8-4-2-5-9-14)22(15-10-6-3-7-11-15)23(20)17-19-12-13-24-17/h2-13,16H,1H3. The SMILES string of the molecule is CN1C(Br)N(c2ccccc2)N(c2ccccc2)N1c1nccs1. The summed E-state index contributed by atoms with van der Waals surface area (Å²) in [5, 5.41) is 11.4. The van der Waals surface area contributed by atoms with Crippen LogP contribution in [0.15, 0.2) is 72.2 Å². The quantitative estimate of drug-likeness (QED) is 0.480. The van der Waals surface area contributed by atoms with E-state index in [-0.39, 0.29) is 5.08 Å². The number of hydrogen-bond donors (Lipinski definition) is 0. The van der Waals surface area contributed by atoms with Crippen molar-refractivity contribution in [3.63, 3.8) is 0 Å². The van der Waals surface area contributed by atoms with Crippen molar-refractivity contribution < 1.29 is 0 Å². The summed E-state index contributed by atoms with van der Waals surface area (Å²) in [7, 11) is 2.04. The zero-order valence-corrected chi connectivity index (χ0v) is 15.4. The first-order chi connectivity index (χ1) is 11.8. The molecule has 0 N–H and O–H groups in total. The highest BCUT2D eigenvalue weighted by Gasteiger charge is 2.43. The number of rotatable bonds is 3. The van der Waals surface area contributed by atoms with E-state index in [0.29, 0.717) is 0 Å². The zero-order valence-electron chi connectivity index (χ0n) is 13.0. The molecule has 0 radical (unpaired) electrons. The van der Waals surface area contributed by atoms with Crippen LogP contribution >= 0.6 is 27.3 Å². The molecule has 7 heteroatoms. The molecular formula is C17H16BrN5S. The lowest BCUT2D eigenvalue weighted by Gasteiger charge is -2.35. The first-order valence-corrected chi connectivity index (χ1v) is 9.32. The summed E-state index contributed by atoms with van der Waals surface area (Å²) in [4.78, 5) is 4.50. The van der Waals surface area contributed by atoms with Gasteiger partial charge in [0, 0.05) is 18.6 Å². The van der Waals surface area contributed by atoms with Crippen LogP contribution in [-0.4, -0.2) is 22.1 Å². The molecule has 1 unspecified atom stereocenters. The van der Waals surface area contributed by atoms with Crippen LogP contribution in [0, 0.1) is 0 Å². The van der Waals surface area contributed by atoms with Gasteiger partial charge in [0.25, 0.3) is 0 Å². The van der Waals surface area contributed by atoms with Crippen LogP contribution in [0.2, 0.25) is 0 Å². The van der Waals surface area contributed by atoms with Gasteiger partial charge >= 0.3 is 0 Å². The van der Waals surface area contributed by atoms with Gasteiger partial charge < -0.3 is 0 Å². The van der Waals surface area contributed by atoms with Crippen molar-refractivity contribution in [1.82, 2.24) is 9.99 Å². The summed E-state index contributed by atoms with van der Waals surface area (Å²) < 4.78 is 0. The second kappa shape index (κ2) is 6.43. The number of thiazole rings is 1. The van der Waals surface area contributed by atoms with E-state index < -0.39 is 0 Å². The molecule has 122 valence electrons. The Labute approximate surface area is 153 Å². The molecule has 0 amide bonds. The number of halogens is 1. The summed E-state index contributed by atoms with van der Waals surface area (Å²) in [6, 6.07) is 20.6. The van der Waals surface area contributed by atoms with E-state index in [1.54, 1.807) is 11.3 Å². The van der Waals surface area contributed by atoms with Crippen LogP contribution in [0.1, 0.15) is 0 Å². The Kier molecular flexibility index (Phi) is 4.13. The van der Waals surface area contributed by atoms with Crippen molar-refractivity contribution in [3.8, 4) is 0 Å². The van der Waals surface area contributed by atoms with Gasteiger partial charge in [-0.3, -0.25) is 0 Å². The number of hydrogen-bond acceptors (Lipinski definition) is 6. The molecule has 4 rings (SSSR count). The van der Waals surface area contributed by atoms with Crippen molar-refractivity contribution in [3.05, 3.63) is 72.2 Å². The third-order valence-electron chi connectivity index (χ3n) is 3.79. The van der Waals surface area contributed by atoms with E-state index in [4.69, 9.17) is 0 Å². The van der Waals surface area contributed by atoms with Gasteiger partial charge in [-0.2, -0.15) is 15.2 Å². The maximum absolute atomic E-state index is 4.50. The molecule has 2 aromatic carbocycles. The molecule has 3 aromatic rings. The van der Waals surface area contributed by atoms with Gasteiger partial charge in [-0.25, -0.2) is 9.99 Å².